The zero-order valence-corrected chi connectivity index (χ0v) is 20.0. The molecule has 1 unspecified atom stereocenters. The number of pyridine rings is 1. The van der Waals surface area contributed by atoms with Gasteiger partial charge in [-0.15, -0.1) is 19.4 Å². The van der Waals surface area contributed by atoms with Gasteiger partial charge in [-0.2, -0.15) is 0 Å². The summed E-state index contributed by atoms with van der Waals surface area (Å²) in [5.41, 5.74) is 4.08. The fourth-order valence-corrected chi connectivity index (χ4v) is 1.97. The van der Waals surface area contributed by atoms with Gasteiger partial charge < -0.3 is 0 Å². The minimum Gasteiger partial charge on any atom is -0.264 e. The maximum absolute atomic E-state index is 4.17. The fourth-order valence-electron chi connectivity index (χ4n) is 1.97. The summed E-state index contributed by atoms with van der Waals surface area (Å²) >= 11 is 0. The molecule has 28 heavy (non-hydrogen) atoms. The smallest absolute Gasteiger partial charge is 0.0302 e. The average Bonchev–Trinajstić information content (AvgIpc) is 2.80. The minimum absolute atomic E-state index is 0.574. The van der Waals surface area contributed by atoms with Crippen molar-refractivity contribution in [3.63, 3.8) is 0 Å². The summed E-state index contributed by atoms with van der Waals surface area (Å²) in [4.78, 5) is 4.17. The van der Waals surface area contributed by atoms with Crippen LogP contribution >= 0.6 is 0 Å². The van der Waals surface area contributed by atoms with Gasteiger partial charge in [-0.1, -0.05) is 90.4 Å². The Morgan fingerprint density at radius 3 is 1.82 bits per heavy atom. The van der Waals surface area contributed by atoms with Crippen molar-refractivity contribution in [1.82, 2.24) is 4.98 Å². The van der Waals surface area contributed by atoms with Gasteiger partial charge in [-0.25, -0.2) is 0 Å². The molecule has 0 saturated heterocycles. The van der Waals surface area contributed by atoms with Crippen LogP contribution in [0.2, 0.25) is 0 Å². The van der Waals surface area contributed by atoms with Gasteiger partial charge in [0.2, 0.25) is 0 Å². The third kappa shape index (κ3) is 20.0. The molecule has 1 atom stereocenters. The summed E-state index contributed by atoms with van der Waals surface area (Å²) in [5.74, 6) is 0.574. The summed E-state index contributed by atoms with van der Waals surface area (Å²) < 4.78 is 0. The van der Waals surface area contributed by atoms with E-state index in [2.05, 4.69) is 68.6 Å². The van der Waals surface area contributed by atoms with Crippen LogP contribution in [0, 0.1) is 19.8 Å². The van der Waals surface area contributed by atoms with Crippen molar-refractivity contribution >= 4 is 0 Å². The molecule has 0 amide bonds. The van der Waals surface area contributed by atoms with Crippen LogP contribution in [0.15, 0.2) is 61.4 Å². The van der Waals surface area contributed by atoms with Crippen molar-refractivity contribution in [2.75, 3.05) is 0 Å². The first-order valence-corrected chi connectivity index (χ1v) is 10.5. The Bertz CT molecular complexity index is 523. The van der Waals surface area contributed by atoms with E-state index in [9.17, 15) is 0 Å². The first kappa shape index (κ1) is 33.3. The van der Waals surface area contributed by atoms with Crippen LogP contribution in [0.3, 0.4) is 0 Å². The van der Waals surface area contributed by atoms with Crippen LogP contribution in [0.4, 0.5) is 0 Å². The van der Waals surface area contributed by atoms with E-state index in [1.165, 1.54) is 23.1 Å². The summed E-state index contributed by atoms with van der Waals surface area (Å²) in [6.45, 7) is 21.6. The molecule has 1 aromatic heterocycles. The van der Waals surface area contributed by atoms with Gasteiger partial charge >= 0.3 is 0 Å². The molecule has 158 valence electrons. The van der Waals surface area contributed by atoms with Gasteiger partial charge in [-0.05, 0) is 49.8 Å². The highest BCUT2D eigenvalue weighted by Gasteiger charge is 2.05. The average molecular weight is 384 g/mol. The lowest BCUT2D eigenvalue weighted by molar-refractivity contribution is 0.677. The Balaban J connectivity index is -0.000000224. The number of nitrogens with zero attached hydrogens (tertiary/aromatic N) is 1. The molecule has 0 aliphatic carbocycles. The van der Waals surface area contributed by atoms with E-state index in [0.717, 1.165) is 6.42 Å². The number of hydrogen-bond donors (Lipinski definition) is 0. The molecule has 1 nitrogen and oxygen atoms in total. The second-order valence-corrected chi connectivity index (χ2v) is 5.12. The van der Waals surface area contributed by atoms with E-state index in [1.54, 1.807) is 6.08 Å². The van der Waals surface area contributed by atoms with Crippen LogP contribution in [0.1, 0.15) is 84.4 Å². The van der Waals surface area contributed by atoms with Crippen molar-refractivity contribution in [3.05, 3.63) is 78.1 Å². The molecule has 2 rings (SSSR count). The number of aromatic nitrogens is 1. The molecule has 0 N–H and O–H groups in total. The monoisotopic (exact) mass is 383 g/mol. The Morgan fingerprint density at radius 2 is 1.43 bits per heavy atom. The molecule has 0 aliphatic rings. The summed E-state index contributed by atoms with van der Waals surface area (Å²) in [6, 6.07) is 13.0. The second kappa shape index (κ2) is 29.4. The Morgan fingerprint density at radius 1 is 0.964 bits per heavy atom. The maximum Gasteiger partial charge on any atom is 0.0302 e. The summed E-state index contributed by atoms with van der Waals surface area (Å²) in [6.07, 6.45) is 15.9. The third-order valence-electron chi connectivity index (χ3n) is 3.24. The normalized spacial score (nSPS) is 8.68. The van der Waals surface area contributed by atoms with Crippen LogP contribution in [-0.2, 0) is 6.42 Å². The van der Waals surface area contributed by atoms with Gasteiger partial charge in [0, 0.05) is 12.4 Å². The van der Waals surface area contributed by atoms with E-state index in [-0.39, 0.29) is 0 Å². The van der Waals surface area contributed by atoms with Crippen molar-refractivity contribution in [2.24, 2.45) is 0 Å². The van der Waals surface area contributed by atoms with Crippen LogP contribution in [0.5, 0.6) is 0 Å². The molecule has 0 fully saturated rings. The maximum atomic E-state index is 4.17. The summed E-state index contributed by atoms with van der Waals surface area (Å²) in [7, 11) is 0. The third-order valence-corrected chi connectivity index (χ3v) is 3.24. The van der Waals surface area contributed by atoms with Crippen LogP contribution < -0.4 is 0 Å². The molecule has 0 aliphatic heterocycles. The minimum atomic E-state index is 0.574. The van der Waals surface area contributed by atoms with Crippen molar-refractivity contribution in [3.8, 4) is 12.8 Å². The molecule has 0 saturated carbocycles. The summed E-state index contributed by atoms with van der Waals surface area (Å²) in [5, 5.41) is 0. The van der Waals surface area contributed by atoms with Gasteiger partial charge in [0.05, 0.1) is 0 Å². The highest BCUT2D eigenvalue weighted by atomic mass is 14.6. The van der Waals surface area contributed by atoms with Gasteiger partial charge in [0.1, 0.15) is 0 Å². The van der Waals surface area contributed by atoms with E-state index < -0.39 is 0 Å². The number of hydrogen-bond acceptors (Lipinski definition) is 1. The molecule has 2 aromatic rings. The van der Waals surface area contributed by atoms with Crippen LogP contribution in [-0.4, -0.2) is 4.98 Å². The lowest BCUT2D eigenvalue weighted by Gasteiger charge is -2.11. The predicted octanol–water partition coefficient (Wildman–Crippen LogP) is 8.65. The van der Waals surface area contributed by atoms with Crippen LogP contribution in [0.25, 0.3) is 0 Å². The highest BCUT2D eigenvalue weighted by molar-refractivity contribution is 5.22. The number of benzene rings is 1. The Kier molecular flexibility index (Phi) is 35.0. The number of aryl methyl sites for hydroxylation is 2. The lowest BCUT2D eigenvalue weighted by atomic mass is 9.95. The Labute approximate surface area is 177 Å². The lowest BCUT2D eigenvalue weighted by Crippen LogP contribution is -1.97. The van der Waals surface area contributed by atoms with Crippen molar-refractivity contribution in [1.29, 1.82) is 0 Å². The van der Waals surface area contributed by atoms with Gasteiger partial charge in [0.15, 0.2) is 0 Å². The molecule has 1 heterocycles. The zero-order chi connectivity index (χ0) is 22.8. The Hall–Kier alpha value is -2.33. The van der Waals surface area contributed by atoms with Crippen molar-refractivity contribution < 1.29 is 0 Å². The zero-order valence-electron chi connectivity index (χ0n) is 20.0. The highest BCUT2D eigenvalue weighted by Crippen LogP contribution is 2.20. The van der Waals surface area contributed by atoms with E-state index in [1.807, 2.05) is 66.9 Å². The predicted molar refractivity (Wildman–Crippen MR) is 132 cm³/mol. The number of rotatable bonds is 4. The quantitative estimate of drug-likeness (QED) is 0.380. The largest absolute Gasteiger partial charge is 0.264 e. The first-order valence-electron chi connectivity index (χ1n) is 10.5. The SMILES string of the molecule is C#C.C=CC.CC.CC.CC.Cc1ccc(CCC(C)c2cccnc2)cc1. The van der Waals surface area contributed by atoms with E-state index >= 15 is 0 Å². The fraction of sp³-hybridized carbons (Fsp3) is 0.444. The van der Waals surface area contributed by atoms with Crippen molar-refractivity contribution in [2.45, 2.75) is 81.1 Å². The second-order valence-electron chi connectivity index (χ2n) is 5.12. The molecular formula is C27H45N. The number of terminal acetylenes is 1. The molecule has 1 aromatic carbocycles. The van der Waals surface area contributed by atoms with E-state index in [4.69, 9.17) is 0 Å². The van der Waals surface area contributed by atoms with Gasteiger partial charge in [-0.3, -0.25) is 4.98 Å². The van der Waals surface area contributed by atoms with Gasteiger partial charge in [0.25, 0.3) is 0 Å². The number of allylic oxidation sites excluding steroid dienone is 1. The topological polar surface area (TPSA) is 12.9 Å². The standard InChI is InChI=1S/C16H19N.C3H6.3C2H6.C2H2/c1-13-5-8-15(9-6-13)10-7-14(2)16-4-3-11-17-12-16;1-3-2;4*1-2/h3-6,8-9,11-12,14H,7,10H2,1-2H3;3H,1H2,2H3;3*1-2H3;1-2H. The molecule has 1 heteroatoms. The first-order chi connectivity index (χ1) is 13.7. The molecule has 0 bridgehead atoms. The molecular weight excluding hydrogens is 338 g/mol. The molecule has 0 radical (unpaired) electrons. The molecule has 0 spiro atoms. The van der Waals surface area contributed by atoms with E-state index in [0.29, 0.717) is 5.92 Å².